The number of carbonyl (C=O) groups is 1. The number of methoxy groups -OCH3 is 1. The highest BCUT2D eigenvalue weighted by Crippen LogP contribution is 2.28. The fourth-order valence-corrected chi connectivity index (χ4v) is 3.57. The molecule has 2 aromatic rings. The first-order chi connectivity index (χ1) is 15.1. The monoisotopic (exact) mass is 551 g/mol. The van der Waals surface area contributed by atoms with Gasteiger partial charge in [0.15, 0.2) is 5.96 Å². The minimum Gasteiger partial charge on any atom is -0.495 e. The van der Waals surface area contributed by atoms with Gasteiger partial charge in [-0.1, -0.05) is 42.5 Å². The molecule has 0 unspecified atom stereocenters. The molecule has 1 saturated heterocycles. The second-order valence-corrected chi connectivity index (χ2v) is 7.74. The van der Waals surface area contributed by atoms with Gasteiger partial charge < -0.3 is 24.8 Å². The highest BCUT2D eigenvalue weighted by atomic mass is 127. The Morgan fingerprint density at radius 1 is 1.03 bits per heavy atom. The van der Waals surface area contributed by atoms with Gasteiger partial charge in [-0.15, -0.1) is 24.0 Å². The quantitative estimate of drug-likeness (QED) is 0.326. The molecule has 3 rings (SSSR count). The zero-order valence-electron chi connectivity index (χ0n) is 19.2. The number of rotatable bonds is 7. The zero-order chi connectivity index (χ0) is 22.1. The van der Waals surface area contributed by atoms with Crippen molar-refractivity contribution in [2.45, 2.75) is 6.42 Å². The third-order valence-corrected chi connectivity index (χ3v) is 5.41. The molecule has 32 heavy (non-hydrogen) atoms. The van der Waals surface area contributed by atoms with Crippen LogP contribution in [0.25, 0.3) is 0 Å². The van der Waals surface area contributed by atoms with Crippen molar-refractivity contribution in [1.29, 1.82) is 0 Å². The van der Waals surface area contributed by atoms with Crippen LogP contribution in [0.4, 0.5) is 5.69 Å². The third-order valence-electron chi connectivity index (χ3n) is 5.41. The van der Waals surface area contributed by atoms with Crippen LogP contribution in [0.1, 0.15) is 5.56 Å². The minimum absolute atomic E-state index is 0. The SMILES string of the molecule is COc1ccccc1N1CCN(C(=NCC(=O)N(C)C)NCCc2ccccc2)CC1.I. The average Bonchev–Trinajstić information content (AvgIpc) is 2.81. The lowest BCUT2D eigenvalue weighted by molar-refractivity contribution is -0.127. The molecule has 1 N–H and O–H groups in total. The van der Waals surface area contributed by atoms with E-state index in [0.29, 0.717) is 0 Å². The van der Waals surface area contributed by atoms with Crippen LogP contribution >= 0.6 is 24.0 Å². The Morgan fingerprint density at radius 2 is 1.69 bits per heavy atom. The number of hydrogen-bond donors (Lipinski definition) is 1. The number of likely N-dealkylation sites (N-methyl/N-ethyl adjacent to an activating group) is 1. The summed E-state index contributed by atoms with van der Waals surface area (Å²) >= 11 is 0. The van der Waals surface area contributed by atoms with Gasteiger partial charge >= 0.3 is 0 Å². The highest BCUT2D eigenvalue weighted by molar-refractivity contribution is 14.0. The predicted molar refractivity (Wildman–Crippen MR) is 141 cm³/mol. The zero-order valence-corrected chi connectivity index (χ0v) is 21.5. The molecule has 2 aromatic carbocycles. The van der Waals surface area contributed by atoms with E-state index in [2.05, 4.69) is 50.4 Å². The first kappa shape index (κ1) is 25.8. The Hall–Kier alpha value is -2.49. The Kier molecular flexibility index (Phi) is 10.6. The molecule has 0 aromatic heterocycles. The van der Waals surface area contributed by atoms with Crippen molar-refractivity contribution in [2.24, 2.45) is 4.99 Å². The van der Waals surface area contributed by atoms with Crippen LogP contribution in [-0.4, -0.2) is 82.1 Å². The number of nitrogens with one attached hydrogen (secondary N) is 1. The van der Waals surface area contributed by atoms with Crippen molar-refractivity contribution < 1.29 is 9.53 Å². The number of benzene rings is 2. The number of anilines is 1. The Bertz CT molecular complexity index is 868. The van der Waals surface area contributed by atoms with Gasteiger partial charge in [-0.3, -0.25) is 4.79 Å². The summed E-state index contributed by atoms with van der Waals surface area (Å²) in [4.78, 5) is 22.9. The third kappa shape index (κ3) is 7.29. The highest BCUT2D eigenvalue weighted by Gasteiger charge is 2.22. The van der Waals surface area contributed by atoms with Gasteiger partial charge in [-0.2, -0.15) is 0 Å². The van der Waals surface area contributed by atoms with Gasteiger partial charge in [0, 0.05) is 46.8 Å². The molecule has 8 heteroatoms. The molecule has 1 aliphatic rings. The minimum atomic E-state index is -0.00461. The van der Waals surface area contributed by atoms with Gasteiger partial charge in [0.05, 0.1) is 12.8 Å². The lowest BCUT2D eigenvalue weighted by atomic mass is 10.1. The van der Waals surface area contributed by atoms with Crippen molar-refractivity contribution in [2.75, 3.05) is 65.4 Å². The van der Waals surface area contributed by atoms with E-state index >= 15 is 0 Å². The van der Waals surface area contributed by atoms with Crippen molar-refractivity contribution in [1.82, 2.24) is 15.1 Å². The van der Waals surface area contributed by atoms with Crippen LogP contribution in [-0.2, 0) is 11.2 Å². The maximum atomic E-state index is 12.1. The molecule has 0 saturated carbocycles. The van der Waals surface area contributed by atoms with E-state index < -0.39 is 0 Å². The maximum absolute atomic E-state index is 12.1. The van der Waals surface area contributed by atoms with Crippen LogP contribution in [0.3, 0.4) is 0 Å². The van der Waals surface area contributed by atoms with Gasteiger partial charge in [0.1, 0.15) is 12.3 Å². The molecule has 1 aliphatic heterocycles. The molecule has 1 heterocycles. The van der Waals surface area contributed by atoms with Crippen molar-refractivity contribution in [3.05, 3.63) is 60.2 Å². The van der Waals surface area contributed by atoms with Crippen molar-refractivity contribution in [3.63, 3.8) is 0 Å². The fourth-order valence-electron chi connectivity index (χ4n) is 3.57. The first-order valence-electron chi connectivity index (χ1n) is 10.7. The number of ether oxygens (including phenoxy) is 1. The van der Waals surface area contributed by atoms with Crippen molar-refractivity contribution in [3.8, 4) is 5.75 Å². The molecule has 0 radical (unpaired) electrons. The summed E-state index contributed by atoms with van der Waals surface area (Å²) in [7, 11) is 5.22. The molecule has 0 bridgehead atoms. The number of guanidine groups is 1. The predicted octanol–water partition coefficient (Wildman–Crippen LogP) is 2.71. The van der Waals surface area contributed by atoms with E-state index in [1.54, 1.807) is 26.1 Å². The molecular weight excluding hydrogens is 517 g/mol. The normalized spacial score (nSPS) is 13.9. The molecule has 174 valence electrons. The van der Waals surface area contributed by atoms with E-state index in [9.17, 15) is 4.79 Å². The average molecular weight is 551 g/mol. The second kappa shape index (κ2) is 13.1. The number of amides is 1. The molecule has 7 nitrogen and oxygen atoms in total. The molecule has 0 spiro atoms. The lowest BCUT2D eigenvalue weighted by Crippen LogP contribution is -2.53. The van der Waals surface area contributed by atoms with E-state index in [-0.39, 0.29) is 36.4 Å². The largest absolute Gasteiger partial charge is 0.495 e. The molecule has 0 aliphatic carbocycles. The smallest absolute Gasteiger partial charge is 0.243 e. The Balaban J connectivity index is 0.00000363. The summed E-state index contributed by atoms with van der Waals surface area (Å²) in [6, 6.07) is 18.5. The summed E-state index contributed by atoms with van der Waals surface area (Å²) in [5.74, 6) is 1.68. The van der Waals surface area contributed by atoms with E-state index in [0.717, 1.165) is 56.5 Å². The van der Waals surface area contributed by atoms with Crippen LogP contribution in [0.15, 0.2) is 59.6 Å². The summed E-state index contributed by atoms with van der Waals surface area (Å²) in [6.07, 6.45) is 0.905. The molecular formula is C24H34IN5O2. The standard InChI is InChI=1S/C24H33N5O2.HI/c1-27(2)23(30)19-26-24(25-14-13-20-9-5-4-6-10-20)29-17-15-28(16-18-29)21-11-7-8-12-22(21)31-3;/h4-12H,13-19H2,1-3H3,(H,25,26);1H. The Labute approximate surface area is 208 Å². The molecule has 0 atom stereocenters. The summed E-state index contributed by atoms with van der Waals surface area (Å²) in [5.41, 5.74) is 2.39. The number of halogens is 1. The second-order valence-electron chi connectivity index (χ2n) is 7.74. The number of piperazine rings is 1. The van der Waals surface area contributed by atoms with E-state index in [1.165, 1.54) is 5.56 Å². The number of para-hydroxylation sites is 2. The van der Waals surface area contributed by atoms with Crippen LogP contribution in [0.2, 0.25) is 0 Å². The lowest BCUT2D eigenvalue weighted by Gasteiger charge is -2.38. The summed E-state index contributed by atoms with van der Waals surface area (Å²) < 4.78 is 5.52. The number of aliphatic imine (C=N–C) groups is 1. The maximum Gasteiger partial charge on any atom is 0.243 e. The van der Waals surface area contributed by atoms with E-state index in [1.807, 2.05) is 24.3 Å². The van der Waals surface area contributed by atoms with Crippen LogP contribution in [0.5, 0.6) is 5.75 Å². The summed E-state index contributed by atoms with van der Waals surface area (Å²) in [6.45, 7) is 4.29. The van der Waals surface area contributed by atoms with Gasteiger partial charge in [-0.25, -0.2) is 4.99 Å². The number of hydrogen-bond acceptors (Lipinski definition) is 4. The molecule has 1 fully saturated rings. The summed E-state index contributed by atoms with van der Waals surface area (Å²) in [5, 5.41) is 3.47. The fraction of sp³-hybridized carbons (Fsp3) is 0.417. The van der Waals surface area contributed by atoms with Crippen molar-refractivity contribution >= 4 is 41.5 Å². The van der Waals surface area contributed by atoms with Crippen LogP contribution < -0.4 is 15.0 Å². The first-order valence-corrected chi connectivity index (χ1v) is 10.7. The topological polar surface area (TPSA) is 60.4 Å². The van der Waals surface area contributed by atoms with Gasteiger partial charge in [-0.05, 0) is 24.1 Å². The van der Waals surface area contributed by atoms with E-state index in [4.69, 9.17) is 4.74 Å². The van der Waals surface area contributed by atoms with Crippen LogP contribution in [0, 0.1) is 0 Å². The number of nitrogens with zero attached hydrogens (tertiary/aromatic N) is 4. The van der Waals surface area contributed by atoms with Gasteiger partial charge in [0.2, 0.25) is 5.91 Å². The van der Waals surface area contributed by atoms with Gasteiger partial charge in [0.25, 0.3) is 0 Å². The molecule has 1 amide bonds. The Morgan fingerprint density at radius 3 is 2.34 bits per heavy atom. The number of carbonyl (C=O) groups excluding carboxylic acids is 1.